The van der Waals surface area contributed by atoms with Crippen molar-refractivity contribution in [2.45, 2.75) is 76.8 Å². The van der Waals surface area contributed by atoms with E-state index >= 15 is 0 Å². The van der Waals surface area contributed by atoms with Crippen LogP contribution < -0.4 is 5.32 Å². The number of amidine groups is 1. The van der Waals surface area contributed by atoms with Gasteiger partial charge in [-0.15, -0.1) is 0 Å². The van der Waals surface area contributed by atoms with E-state index in [4.69, 9.17) is 4.99 Å². The van der Waals surface area contributed by atoms with Crippen LogP contribution in [0.15, 0.2) is 4.99 Å². The van der Waals surface area contributed by atoms with Crippen molar-refractivity contribution in [1.82, 2.24) is 5.32 Å². The number of thioether (sulfide) groups is 1. The van der Waals surface area contributed by atoms with Gasteiger partial charge in [-0.25, -0.2) is 0 Å². The summed E-state index contributed by atoms with van der Waals surface area (Å²) in [6.45, 7) is 4.79. The second-order valence-electron chi connectivity index (χ2n) is 7.11. The molecule has 3 rings (SSSR count). The summed E-state index contributed by atoms with van der Waals surface area (Å²) < 4.78 is 0. The van der Waals surface area contributed by atoms with E-state index in [9.17, 15) is 0 Å². The highest BCUT2D eigenvalue weighted by Gasteiger charge is 2.38. The van der Waals surface area contributed by atoms with Crippen LogP contribution in [-0.4, -0.2) is 22.5 Å². The van der Waals surface area contributed by atoms with Gasteiger partial charge in [-0.05, 0) is 43.9 Å². The molecule has 2 saturated carbocycles. The quantitative estimate of drug-likeness (QED) is 0.778. The minimum Gasteiger partial charge on any atom is -0.359 e. The van der Waals surface area contributed by atoms with Crippen LogP contribution in [0.2, 0.25) is 0 Å². The Balaban J connectivity index is 1.59. The normalized spacial score (nSPS) is 40.5. The number of nitrogens with one attached hydrogen (secondary N) is 1. The fourth-order valence-corrected chi connectivity index (χ4v) is 5.16. The second-order valence-corrected chi connectivity index (χ2v) is 8.07. The number of nitrogens with zero attached hydrogens (tertiary/aromatic N) is 1. The third kappa shape index (κ3) is 3.12. The maximum absolute atomic E-state index is 5.04. The average Bonchev–Trinajstić information content (AvgIpc) is 2.78. The van der Waals surface area contributed by atoms with Crippen molar-refractivity contribution in [3.05, 3.63) is 0 Å². The van der Waals surface area contributed by atoms with Gasteiger partial charge in [0, 0.05) is 11.3 Å². The Bertz CT molecular complexity index is 347. The monoisotopic (exact) mass is 280 g/mol. The third-order valence-electron chi connectivity index (χ3n) is 5.54. The number of aliphatic imine (C=N–C) groups is 1. The Morgan fingerprint density at radius 1 is 1.11 bits per heavy atom. The van der Waals surface area contributed by atoms with Crippen LogP contribution >= 0.6 is 11.8 Å². The molecule has 1 N–H and O–H groups in total. The Hall–Kier alpha value is -0.180. The summed E-state index contributed by atoms with van der Waals surface area (Å²) in [5.74, 6) is 2.99. The molecule has 19 heavy (non-hydrogen) atoms. The predicted molar refractivity (Wildman–Crippen MR) is 84.8 cm³/mol. The van der Waals surface area contributed by atoms with E-state index in [2.05, 4.69) is 19.2 Å². The van der Waals surface area contributed by atoms with Gasteiger partial charge in [0.15, 0.2) is 5.17 Å². The Morgan fingerprint density at radius 3 is 2.63 bits per heavy atom. The van der Waals surface area contributed by atoms with Crippen LogP contribution in [0, 0.1) is 11.8 Å². The molecule has 1 saturated heterocycles. The fraction of sp³-hybridized carbons (Fsp3) is 0.938. The van der Waals surface area contributed by atoms with Crippen LogP contribution in [0.5, 0.6) is 0 Å². The van der Waals surface area contributed by atoms with Crippen molar-refractivity contribution in [2.75, 3.05) is 5.75 Å². The van der Waals surface area contributed by atoms with Gasteiger partial charge in [-0.2, -0.15) is 0 Å². The molecule has 3 atom stereocenters. The van der Waals surface area contributed by atoms with Crippen LogP contribution in [-0.2, 0) is 0 Å². The molecule has 0 radical (unpaired) electrons. The summed E-state index contributed by atoms with van der Waals surface area (Å²) in [5, 5.41) is 5.05. The molecule has 3 heteroatoms. The van der Waals surface area contributed by atoms with Gasteiger partial charge < -0.3 is 5.32 Å². The molecule has 0 aromatic heterocycles. The number of rotatable bonds is 1. The fourth-order valence-electron chi connectivity index (χ4n) is 3.88. The minimum absolute atomic E-state index is 0.412. The largest absolute Gasteiger partial charge is 0.359 e. The van der Waals surface area contributed by atoms with Gasteiger partial charge in [0.05, 0.1) is 6.04 Å². The van der Waals surface area contributed by atoms with Crippen LogP contribution in [0.4, 0.5) is 0 Å². The molecule has 2 nitrogen and oxygen atoms in total. The highest BCUT2D eigenvalue weighted by molar-refractivity contribution is 8.14. The van der Waals surface area contributed by atoms with Gasteiger partial charge in [-0.1, -0.05) is 44.9 Å². The lowest BCUT2D eigenvalue weighted by Gasteiger charge is -2.33. The molecule has 0 aromatic carbocycles. The number of hydrogen-bond acceptors (Lipinski definition) is 2. The maximum atomic E-state index is 5.04. The molecule has 1 spiro atoms. The smallest absolute Gasteiger partial charge is 0.157 e. The standard InChI is InChI=1S/C16H28N2S/c1-12-6-7-14(10-13(12)2)17-15-18-16(11-19-15)8-4-3-5-9-16/h12-14H,3-11H2,1-2H3,(H,17,18). The highest BCUT2D eigenvalue weighted by atomic mass is 32.2. The lowest BCUT2D eigenvalue weighted by atomic mass is 9.79. The first-order valence-electron chi connectivity index (χ1n) is 8.16. The van der Waals surface area contributed by atoms with Gasteiger partial charge in [-0.3, -0.25) is 4.99 Å². The van der Waals surface area contributed by atoms with E-state index in [0.29, 0.717) is 11.6 Å². The van der Waals surface area contributed by atoms with Gasteiger partial charge in [0.1, 0.15) is 0 Å². The van der Waals surface area contributed by atoms with Gasteiger partial charge >= 0.3 is 0 Å². The maximum Gasteiger partial charge on any atom is 0.157 e. The van der Waals surface area contributed by atoms with Crippen molar-refractivity contribution in [1.29, 1.82) is 0 Å². The first kappa shape index (κ1) is 13.8. The average molecular weight is 280 g/mol. The molecule has 0 amide bonds. The van der Waals surface area contributed by atoms with Crippen LogP contribution in [0.3, 0.4) is 0 Å². The molecule has 1 heterocycles. The van der Waals surface area contributed by atoms with Crippen LogP contribution in [0.25, 0.3) is 0 Å². The first-order chi connectivity index (χ1) is 9.17. The molecule has 3 unspecified atom stereocenters. The molecule has 108 valence electrons. The summed E-state index contributed by atoms with van der Waals surface area (Å²) in [6.07, 6.45) is 10.9. The topological polar surface area (TPSA) is 24.4 Å². The van der Waals surface area contributed by atoms with E-state index < -0.39 is 0 Å². The van der Waals surface area contributed by atoms with Gasteiger partial charge in [0.2, 0.25) is 0 Å². The summed E-state index contributed by atoms with van der Waals surface area (Å²) in [4.78, 5) is 5.04. The Labute approximate surface area is 122 Å². The first-order valence-corrected chi connectivity index (χ1v) is 9.14. The zero-order valence-electron chi connectivity index (χ0n) is 12.5. The SMILES string of the molecule is CC1CCC(N=C2NC3(CCCCC3)CS2)CC1C. The number of hydrogen-bond donors (Lipinski definition) is 1. The molecular weight excluding hydrogens is 252 g/mol. The summed E-state index contributed by atoms with van der Waals surface area (Å²) in [7, 11) is 0. The lowest BCUT2D eigenvalue weighted by molar-refractivity contribution is 0.252. The van der Waals surface area contributed by atoms with Crippen molar-refractivity contribution >= 4 is 16.9 Å². The van der Waals surface area contributed by atoms with E-state index in [0.717, 1.165) is 11.8 Å². The molecule has 3 fully saturated rings. The van der Waals surface area contributed by atoms with Crippen molar-refractivity contribution < 1.29 is 0 Å². The second kappa shape index (κ2) is 5.67. The van der Waals surface area contributed by atoms with E-state index in [1.54, 1.807) is 0 Å². The molecular formula is C16H28N2S. The molecule has 1 aliphatic heterocycles. The van der Waals surface area contributed by atoms with E-state index in [1.807, 2.05) is 11.8 Å². The molecule has 0 bridgehead atoms. The zero-order valence-corrected chi connectivity index (χ0v) is 13.3. The van der Waals surface area contributed by atoms with Crippen LogP contribution in [0.1, 0.15) is 65.2 Å². The van der Waals surface area contributed by atoms with E-state index in [-0.39, 0.29) is 0 Å². The molecule has 3 aliphatic rings. The molecule has 0 aromatic rings. The Kier molecular flexibility index (Phi) is 4.11. The summed E-state index contributed by atoms with van der Waals surface area (Å²) >= 11 is 1.98. The van der Waals surface area contributed by atoms with Crippen molar-refractivity contribution in [3.8, 4) is 0 Å². The molecule has 2 aliphatic carbocycles. The van der Waals surface area contributed by atoms with Crippen molar-refractivity contribution in [2.24, 2.45) is 16.8 Å². The minimum atomic E-state index is 0.412. The lowest BCUT2D eigenvalue weighted by Crippen LogP contribution is -2.45. The predicted octanol–water partition coefficient (Wildman–Crippen LogP) is 4.21. The zero-order chi connectivity index (χ0) is 13.3. The van der Waals surface area contributed by atoms with E-state index in [1.165, 1.54) is 62.3 Å². The summed E-state index contributed by atoms with van der Waals surface area (Å²) in [5.41, 5.74) is 0.412. The van der Waals surface area contributed by atoms with Crippen molar-refractivity contribution in [3.63, 3.8) is 0 Å². The van der Waals surface area contributed by atoms with Gasteiger partial charge in [0.25, 0.3) is 0 Å². The third-order valence-corrected chi connectivity index (χ3v) is 6.72. The Morgan fingerprint density at radius 2 is 1.89 bits per heavy atom. The highest BCUT2D eigenvalue weighted by Crippen LogP contribution is 2.37. The summed E-state index contributed by atoms with van der Waals surface area (Å²) in [6, 6.07) is 0.583.